The fourth-order valence-electron chi connectivity index (χ4n) is 1.80. The molecule has 0 unspecified atom stereocenters. The molecule has 90 valence electrons. The lowest BCUT2D eigenvalue weighted by molar-refractivity contribution is 0.744. The van der Waals surface area contributed by atoms with E-state index in [4.69, 9.17) is 0 Å². The number of benzene rings is 1. The summed E-state index contributed by atoms with van der Waals surface area (Å²) >= 11 is 1.64. The van der Waals surface area contributed by atoms with Crippen LogP contribution in [0, 0.1) is 0 Å². The number of hydrogen-bond acceptors (Lipinski definition) is 3. The molecular weight excluding hydrogens is 228 g/mol. The minimum absolute atomic E-state index is 1.04. The van der Waals surface area contributed by atoms with Crippen LogP contribution in [0.3, 0.4) is 0 Å². The summed E-state index contributed by atoms with van der Waals surface area (Å²) in [5.41, 5.74) is 5.33. The molecule has 0 radical (unpaired) electrons. The van der Waals surface area contributed by atoms with Crippen LogP contribution in [0.15, 0.2) is 35.2 Å². The molecule has 0 saturated heterocycles. The smallest absolute Gasteiger partial charge is 0.0831 e. The molecule has 0 saturated carbocycles. The standard InChI is InChI=1S/C14H18N2S/c1-2-3-6-9-15-13-8-5-4-7-12(13)14-10-17-11-16-14/h4-5,7-8,10-11,15H,2-3,6,9H2,1H3. The Hall–Kier alpha value is -1.35. The van der Waals surface area contributed by atoms with E-state index >= 15 is 0 Å². The number of nitrogens with one attached hydrogen (secondary N) is 1. The third kappa shape index (κ3) is 3.30. The second-order valence-electron chi connectivity index (χ2n) is 4.05. The molecule has 0 aliphatic rings. The van der Waals surface area contributed by atoms with Gasteiger partial charge in [-0.1, -0.05) is 38.0 Å². The second kappa shape index (κ2) is 6.40. The molecule has 2 rings (SSSR count). The molecule has 0 spiro atoms. The number of aromatic nitrogens is 1. The van der Waals surface area contributed by atoms with Gasteiger partial charge in [0.15, 0.2) is 0 Å². The molecular formula is C14H18N2S. The average molecular weight is 246 g/mol. The van der Waals surface area contributed by atoms with Gasteiger partial charge in [-0.15, -0.1) is 11.3 Å². The van der Waals surface area contributed by atoms with Gasteiger partial charge in [0.1, 0.15) is 0 Å². The molecule has 0 bridgehead atoms. The first-order chi connectivity index (χ1) is 8.42. The van der Waals surface area contributed by atoms with Gasteiger partial charge in [0.05, 0.1) is 11.2 Å². The van der Waals surface area contributed by atoms with E-state index in [1.165, 1.54) is 30.5 Å². The summed E-state index contributed by atoms with van der Waals surface area (Å²) in [5, 5.41) is 5.59. The highest BCUT2D eigenvalue weighted by Crippen LogP contribution is 2.27. The molecule has 2 nitrogen and oxygen atoms in total. The van der Waals surface area contributed by atoms with Crippen molar-refractivity contribution < 1.29 is 0 Å². The summed E-state index contributed by atoms with van der Waals surface area (Å²) in [7, 11) is 0. The quantitative estimate of drug-likeness (QED) is 0.763. The zero-order valence-electron chi connectivity index (χ0n) is 10.1. The second-order valence-corrected chi connectivity index (χ2v) is 4.77. The van der Waals surface area contributed by atoms with Gasteiger partial charge in [0.2, 0.25) is 0 Å². The maximum Gasteiger partial charge on any atom is 0.0831 e. The highest BCUT2D eigenvalue weighted by Gasteiger charge is 2.05. The number of unbranched alkanes of at least 4 members (excludes halogenated alkanes) is 2. The van der Waals surface area contributed by atoms with Gasteiger partial charge in [-0.3, -0.25) is 0 Å². The Morgan fingerprint density at radius 2 is 2.12 bits per heavy atom. The van der Waals surface area contributed by atoms with Crippen molar-refractivity contribution in [2.45, 2.75) is 26.2 Å². The number of thiazole rings is 1. The van der Waals surface area contributed by atoms with E-state index in [1.807, 2.05) is 5.51 Å². The maximum absolute atomic E-state index is 4.37. The fraction of sp³-hybridized carbons (Fsp3) is 0.357. The van der Waals surface area contributed by atoms with E-state index in [0.29, 0.717) is 0 Å². The SMILES string of the molecule is CCCCCNc1ccccc1-c1cscn1. The lowest BCUT2D eigenvalue weighted by Crippen LogP contribution is -2.02. The van der Waals surface area contributed by atoms with Gasteiger partial charge in [-0.25, -0.2) is 4.98 Å². The van der Waals surface area contributed by atoms with E-state index in [9.17, 15) is 0 Å². The minimum Gasteiger partial charge on any atom is -0.384 e. The molecule has 1 aromatic heterocycles. The third-order valence-corrected chi connectivity index (χ3v) is 3.32. The van der Waals surface area contributed by atoms with Crippen molar-refractivity contribution in [2.75, 3.05) is 11.9 Å². The van der Waals surface area contributed by atoms with Gasteiger partial charge < -0.3 is 5.32 Å². The van der Waals surface area contributed by atoms with Gasteiger partial charge in [0, 0.05) is 23.2 Å². The zero-order chi connectivity index (χ0) is 11.9. The van der Waals surface area contributed by atoms with Crippen LogP contribution in [0.5, 0.6) is 0 Å². The zero-order valence-corrected chi connectivity index (χ0v) is 11.0. The summed E-state index contributed by atoms with van der Waals surface area (Å²) in [4.78, 5) is 4.37. The van der Waals surface area contributed by atoms with E-state index in [-0.39, 0.29) is 0 Å². The lowest BCUT2D eigenvalue weighted by Gasteiger charge is -2.10. The molecule has 17 heavy (non-hydrogen) atoms. The molecule has 0 aliphatic carbocycles. The van der Waals surface area contributed by atoms with Crippen LogP contribution in [0.2, 0.25) is 0 Å². The summed E-state index contributed by atoms with van der Waals surface area (Å²) in [5.74, 6) is 0. The van der Waals surface area contributed by atoms with Gasteiger partial charge in [-0.2, -0.15) is 0 Å². The van der Waals surface area contributed by atoms with E-state index in [2.05, 4.69) is 46.9 Å². The van der Waals surface area contributed by atoms with Gasteiger partial charge in [0.25, 0.3) is 0 Å². The Morgan fingerprint density at radius 3 is 2.88 bits per heavy atom. The molecule has 0 aliphatic heterocycles. The number of hydrogen-bond donors (Lipinski definition) is 1. The largest absolute Gasteiger partial charge is 0.384 e. The number of rotatable bonds is 6. The van der Waals surface area contributed by atoms with Crippen LogP contribution in [-0.4, -0.2) is 11.5 Å². The van der Waals surface area contributed by atoms with E-state index < -0.39 is 0 Å². The first kappa shape index (κ1) is 12.1. The molecule has 1 N–H and O–H groups in total. The molecule has 1 heterocycles. The van der Waals surface area contributed by atoms with Gasteiger partial charge in [-0.05, 0) is 12.5 Å². The lowest BCUT2D eigenvalue weighted by atomic mass is 10.1. The van der Waals surface area contributed by atoms with Crippen LogP contribution in [0.4, 0.5) is 5.69 Å². The minimum atomic E-state index is 1.04. The predicted octanol–water partition coefficient (Wildman–Crippen LogP) is 4.41. The number of anilines is 1. The maximum atomic E-state index is 4.37. The molecule has 1 aromatic carbocycles. The molecule has 0 atom stereocenters. The van der Waals surface area contributed by atoms with Crippen LogP contribution in [0.1, 0.15) is 26.2 Å². The molecule has 0 amide bonds. The Labute approximate surface area is 107 Å². The van der Waals surface area contributed by atoms with Crippen molar-refractivity contribution in [3.05, 3.63) is 35.2 Å². The van der Waals surface area contributed by atoms with Crippen LogP contribution in [-0.2, 0) is 0 Å². The molecule has 3 heteroatoms. The topological polar surface area (TPSA) is 24.9 Å². The highest BCUT2D eigenvalue weighted by atomic mass is 32.1. The first-order valence-electron chi connectivity index (χ1n) is 6.13. The van der Waals surface area contributed by atoms with Crippen molar-refractivity contribution in [1.29, 1.82) is 0 Å². The fourth-order valence-corrected chi connectivity index (χ4v) is 2.36. The van der Waals surface area contributed by atoms with Crippen molar-refractivity contribution in [3.63, 3.8) is 0 Å². The third-order valence-electron chi connectivity index (χ3n) is 2.73. The normalized spacial score (nSPS) is 10.4. The Morgan fingerprint density at radius 1 is 1.24 bits per heavy atom. The van der Waals surface area contributed by atoms with E-state index in [0.717, 1.165) is 12.2 Å². The van der Waals surface area contributed by atoms with Crippen molar-refractivity contribution >= 4 is 17.0 Å². The van der Waals surface area contributed by atoms with E-state index in [1.54, 1.807) is 11.3 Å². The molecule has 0 fully saturated rings. The summed E-state index contributed by atoms with van der Waals surface area (Å²) in [6.07, 6.45) is 3.77. The number of para-hydroxylation sites is 1. The van der Waals surface area contributed by atoms with Crippen molar-refractivity contribution in [3.8, 4) is 11.3 Å². The van der Waals surface area contributed by atoms with Gasteiger partial charge >= 0.3 is 0 Å². The van der Waals surface area contributed by atoms with Crippen molar-refractivity contribution in [2.24, 2.45) is 0 Å². The Kier molecular flexibility index (Phi) is 4.56. The van der Waals surface area contributed by atoms with Crippen LogP contribution < -0.4 is 5.32 Å². The Bertz CT molecular complexity index is 437. The first-order valence-corrected chi connectivity index (χ1v) is 7.07. The Balaban J connectivity index is 2.06. The highest BCUT2D eigenvalue weighted by molar-refractivity contribution is 7.07. The van der Waals surface area contributed by atoms with Crippen LogP contribution in [0.25, 0.3) is 11.3 Å². The van der Waals surface area contributed by atoms with Crippen LogP contribution >= 0.6 is 11.3 Å². The van der Waals surface area contributed by atoms with Crippen molar-refractivity contribution in [1.82, 2.24) is 4.98 Å². The molecule has 2 aromatic rings. The summed E-state index contributed by atoms with van der Waals surface area (Å²) in [6, 6.07) is 8.38. The average Bonchev–Trinajstić information content (AvgIpc) is 2.89. The summed E-state index contributed by atoms with van der Waals surface area (Å²) < 4.78 is 0. The monoisotopic (exact) mass is 246 g/mol. The summed E-state index contributed by atoms with van der Waals surface area (Å²) in [6.45, 7) is 3.26. The number of nitrogens with zero attached hydrogens (tertiary/aromatic N) is 1. The predicted molar refractivity (Wildman–Crippen MR) is 75.6 cm³/mol.